The molecule has 4 heteroatoms. The lowest BCUT2D eigenvalue weighted by molar-refractivity contribution is -0.120. The summed E-state index contributed by atoms with van der Waals surface area (Å²) in [4.78, 5) is 15.9. The molecule has 0 aromatic carbocycles. The SMILES string of the molecule is Cc1ccn2c(C3CC(=O)CCN3)cnc2c1. The van der Waals surface area contributed by atoms with Gasteiger partial charge in [-0.15, -0.1) is 0 Å². The molecule has 1 aliphatic heterocycles. The molecule has 0 radical (unpaired) electrons. The number of fused-ring (bicyclic) bond motifs is 1. The van der Waals surface area contributed by atoms with Gasteiger partial charge in [0.25, 0.3) is 0 Å². The van der Waals surface area contributed by atoms with Crippen LogP contribution in [0.25, 0.3) is 5.65 Å². The van der Waals surface area contributed by atoms with Crippen LogP contribution < -0.4 is 5.32 Å². The van der Waals surface area contributed by atoms with Gasteiger partial charge in [0.2, 0.25) is 0 Å². The van der Waals surface area contributed by atoms with Crippen molar-refractivity contribution < 1.29 is 4.79 Å². The van der Waals surface area contributed by atoms with E-state index in [9.17, 15) is 4.79 Å². The molecule has 0 spiro atoms. The first kappa shape index (κ1) is 10.5. The van der Waals surface area contributed by atoms with Crippen LogP contribution in [0.2, 0.25) is 0 Å². The first-order valence-electron chi connectivity index (χ1n) is 5.93. The Labute approximate surface area is 99.7 Å². The lowest BCUT2D eigenvalue weighted by Crippen LogP contribution is -2.32. The first-order valence-corrected chi connectivity index (χ1v) is 5.93. The molecule has 3 rings (SSSR count). The first-order chi connectivity index (χ1) is 8.24. The number of pyridine rings is 1. The highest BCUT2D eigenvalue weighted by molar-refractivity contribution is 5.80. The van der Waals surface area contributed by atoms with Gasteiger partial charge < -0.3 is 9.72 Å². The second-order valence-corrected chi connectivity index (χ2v) is 4.61. The third kappa shape index (κ3) is 1.85. The maximum atomic E-state index is 11.5. The van der Waals surface area contributed by atoms with Gasteiger partial charge in [-0.1, -0.05) is 0 Å². The summed E-state index contributed by atoms with van der Waals surface area (Å²) in [5.74, 6) is 0.329. The second kappa shape index (κ2) is 3.96. The third-order valence-corrected chi connectivity index (χ3v) is 3.28. The zero-order chi connectivity index (χ0) is 11.8. The van der Waals surface area contributed by atoms with Gasteiger partial charge in [0.15, 0.2) is 0 Å². The van der Waals surface area contributed by atoms with E-state index in [-0.39, 0.29) is 6.04 Å². The second-order valence-electron chi connectivity index (χ2n) is 4.61. The average Bonchev–Trinajstić information content (AvgIpc) is 2.71. The zero-order valence-corrected chi connectivity index (χ0v) is 9.81. The van der Waals surface area contributed by atoms with E-state index < -0.39 is 0 Å². The number of aryl methyl sites for hydroxylation is 1. The molecule has 0 bridgehead atoms. The summed E-state index contributed by atoms with van der Waals surface area (Å²) in [6.45, 7) is 2.82. The number of nitrogens with zero attached hydrogens (tertiary/aromatic N) is 2. The van der Waals surface area contributed by atoms with E-state index in [1.54, 1.807) is 0 Å². The summed E-state index contributed by atoms with van der Waals surface area (Å²) in [5, 5.41) is 3.38. The van der Waals surface area contributed by atoms with Gasteiger partial charge in [0.05, 0.1) is 17.9 Å². The molecule has 1 unspecified atom stereocenters. The number of hydrogen-bond donors (Lipinski definition) is 1. The summed E-state index contributed by atoms with van der Waals surface area (Å²) in [7, 11) is 0. The van der Waals surface area contributed by atoms with E-state index in [0.29, 0.717) is 18.6 Å². The van der Waals surface area contributed by atoms with Crippen molar-refractivity contribution in [2.75, 3.05) is 6.54 Å². The number of rotatable bonds is 1. The molecule has 2 aromatic rings. The number of nitrogens with one attached hydrogen (secondary N) is 1. The lowest BCUT2D eigenvalue weighted by atomic mass is 10.0. The van der Waals surface area contributed by atoms with Crippen LogP contribution in [0.15, 0.2) is 24.5 Å². The monoisotopic (exact) mass is 229 g/mol. The van der Waals surface area contributed by atoms with Crippen LogP contribution >= 0.6 is 0 Å². The Hall–Kier alpha value is -1.68. The molecule has 1 aliphatic rings. The Morgan fingerprint density at radius 1 is 1.53 bits per heavy atom. The minimum absolute atomic E-state index is 0.106. The minimum atomic E-state index is 0.106. The van der Waals surface area contributed by atoms with E-state index in [1.165, 1.54) is 5.56 Å². The molecule has 88 valence electrons. The molecule has 0 saturated carbocycles. The van der Waals surface area contributed by atoms with E-state index in [4.69, 9.17) is 0 Å². The van der Waals surface area contributed by atoms with E-state index in [0.717, 1.165) is 17.9 Å². The van der Waals surface area contributed by atoms with Crippen molar-refractivity contribution in [2.45, 2.75) is 25.8 Å². The predicted molar refractivity (Wildman–Crippen MR) is 64.9 cm³/mol. The topological polar surface area (TPSA) is 46.4 Å². The van der Waals surface area contributed by atoms with Crippen molar-refractivity contribution in [1.29, 1.82) is 0 Å². The van der Waals surface area contributed by atoms with Crippen LogP contribution in [0.3, 0.4) is 0 Å². The molecule has 1 atom stereocenters. The average molecular weight is 229 g/mol. The largest absolute Gasteiger partial charge is 0.308 e. The Morgan fingerprint density at radius 2 is 2.41 bits per heavy atom. The Kier molecular flexibility index (Phi) is 2.44. The Balaban J connectivity index is 2.02. The van der Waals surface area contributed by atoms with Crippen LogP contribution in [-0.2, 0) is 4.79 Å². The number of hydrogen-bond acceptors (Lipinski definition) is 3. The van der Waals surface area contributed by atoms with Gasteiger partial charge in [-0.3, -0.25) is 4.79 Å². The Morgan fingerprint density at radius 3 is 3.24 bits per heavy atom. The molecule has 3 heterocycles. The van der Waals surface area contributed by atoms with E-state index in [1.807, 2.05) is 18.5 Å². The van der Waals surface area contributed by atoms with Crippen LogP contribution in [0.4, 0.5) is 0 Å². The number of aromatic nitrogens is 2. The van der Waals surface area contributed by atoms with Gasteiger partial charge in [-0.05, 0) is 24.6 Å². The predicted octanol–water partition coefficient (Wildman–Crippen LogP) is 1.64. The molecular weight excluding hydrogens is 214 g/mol. The van der Waals surface area contributed by atoms with Crippen molar-refractivity contribution in [1.82, 2.24) is 14.7 Å². The molecule has 0 amide bonds. The van der Waals surface area contributed by atoms with Crippen molar-refractivity contribution >= 4 is 11.4 Å². The minimum Gasteiger partial charge on any atom is -0.308 e. The number of carbonyl (C=O) groups is 1. The molecule has 2 aromatic heterocycles. The lowest BCUT2D eigenvalue weighted by Gasteiger charge is -2.22. The number of Topliss-reactive ketones (excluding diaryl/α,β-unsaturated/α-hetero) is 1. The molecule has 4 nitrogen and oxygen atoms in total. The van der Waals surface area contributed by atoms with Crippen molar-refractivity contribution in [3.05, 3.63) is 35.8 Å². The summed E-state index contributed by atoms with van der Waals surface area (Å²) < 4.78 is 2.06. The van der Waals surface area contributed by atoms with Gasteiger partial charge in [-0.25, -0.2) is 4.98 Å². The molecule has 1 saturated heterocycles. The zero-order valence-electron chi connectivity index (χ0n) is 9.81. The number of imidazole rings is 1. The van der Waals surface area contributed by atoms with Crippen LogP contribution in [0.5, 0.6) is 0 Å². The summed E-state index contributed by atoms with van der Waals surface area (Å²) in [5.41, 5.74) is 3.22. The fraction of sp³-hybridized carbons (Fsp3) is 0.385. The van der Waals surface area contributed by atoms with Crippen LogP contribution in [0, 0.1) is 6.92 Å². The van der Waals surface area contributed by atoms with Gasteiger partial charge >= 0.3 is 0 Å². The van der Waals surface area contributed by atoms with Gasteiger partial charge in [0.1, 0.15) is 11.4 Å². The standard InChI is InChI=1S/C13H15N3O/c1-9-3-5-16-12(8-15-13(16)6-9)11-7-10(17)2-4-14-11/h3,5-6,8,11,14H,2,4,7H2,1H3. The number of piperidine rings is 1. The fourth-order valence-corrected chi connectivity index (χ4v) is 2.36. The van der Waals surface area contributed by atoms with Crippen LogP contribution in [-0.4, -0.2) is 21.7 Å². The molecular formula is C13H15N3O. The quantitative estimate of drug-likeness (QED) is 0.808. The molecule has 1 fully saturated rings. The van der Waals surface area contributed by atoms with Crippen molar-refractivity contribution in [3.63, 3.8) is 0 Å². The maximum Gasteiger partial charge on any atom is 0.137 e. The highest BCUT2D eigenvalue weighted by Crippen LogP contribution is 2.22. The van der Waals surface area contributed by atoms with Crippen molar-refractivity contribution in [3.8, 4) is 0 Å². The fourth-order valence-electron chi connectivity index (χ4n) is 2.36. The van der Waals surface area contributed by atoms with E-state index >= 15 is 0 Å². The highest BCUT2D eigenvalue weighted by Gasteiger charge is 2.22. The smallest absolute Gasteiger partial charge is 0.137 e. The van der Waals surface area contributed by atoms with Gasteiger partial charge in [-0.2, -0.15) is 0 Å². The Bertz CT molecular complexity index is 573. The summed E-state index contributed by atoms with van der Waals surface area (Å²) >= 11 is 0. The summed E-state index contributed by atoms with van der Waals surface area (Å²) in [6, 6.07) is 4.21. The summed E-state index contributed by atoms with van der Waals surface area (Å²) in [6.07, 6.45) is 5.10. The highest BCUT2D eigenvalue weighted by atomic mass is 16.1. The molecule has 17 heavy (non-hydrogen) atoms. The normalized spacial score (nSPS) is 21.0. The molecule has 1 N–H and O–H groups in total. The number of carbonyl (C=O) groups excluding carboxylic acids is 1. The van der Waals surface area contributed by atoms with Gasteiger partial charge in [0, 0.05) is 25.6 Å². The maximum absolute atomic E-state index is 11.5. The van der Waals surface area contributed by atoms with E-state index in [2.05, 4.69) is 27.7 Å². The van der Waals surface area contributed by atoms with Crippen LogP contribution in [0.1, 0.15) is 30.1 Å². The number of ketones is 1. The third-order valence-electron chi connectivity index (χ3n) is 3.28. The van der Waals surface area contributed by atoms with Crippen molar-refractivity contribution in [2.24, 2.45) is 0 Å². The molecule has 0 aliphatic carbocycles.